The first-order chi connectivity index (χ1) is 13.4. The van der Waals surface area contributed by atoms with Gasteiger partial charge in [-0.3, -0.25) is 4.79 Å². The van der Waals surface area contributed by atoms with Gasteiger partial charge in [0.15, 0.2) is 17.5 Å². The monoisotopic (exact) mass is 396 g/mol. The number of rotatable bonds is 5. The van der Waals surface area contributed by atoms with Gasteiger partial charge in [0.25, 0.3) is 0 Å². The lowest BCUT2D eigenvalue weighted by atomic mass is 9.95. The number of esters is 1. The minimum absolute atomic E-state index is 0.140. The summed E-state index contributed by atoms with van der Waals surface area (Å²) in [6, 6.07) is 0.402. The molecule has 7 nitrogen and oxygen atoms in total. The summed E-state index contributed by atoms with van der Waals surface area (Å²) < 4.78 is 46.1. The number of benzene rings is 1. The van der Waals surface area contributed by atoms with Crippen LogP contribution < -0.4 is 5.32 Å². The summed E-state index contributed by atoms with van der Waals surface area (Å²) in [5, 5.41) is 2.65. The van der Waals surface area contributed by atoms with E-state index in [9.17, 15) is 22.8 Å². The Morgan fingerprint density at radius 3 is 2.86 bits per heavy atom. The van der Waals surface area contributed by atoms with Gasteiger partial charge in [-0.1, -0.05) is 6.07 Å². The van der Waals surface area contributed by atoms with Gasteiger partial charge >= 0.3 is 12.0 Å². The number of H-pyrrole nitrogens is 1. The van der Waals surface area contributed by atoms with Gasteiger partial charge < -0.3 is 19.9 Å². The van der Waals surface area contributed by atoms with Gasteiger partial charge in [-0.05, 0) is 12.5 Å². The standard InChI is InChI=1S/C18H19F3N4O3/c1-28-13(26)3-2-7-22-18(27)25-8-6-12-16(24-9-23-12)17(25)10-4-5-11(19)15(21)14(10)20/h4-5,9,17H,2-3,6-8H2,1H3,(H,22,27)(H,23,24)/t17-/m0/s1. The van der Waals surface area contributed by atoms with Gasteiger partial charge in [-0.25, -0.2) is 22.9 Å². The first-order valence-electron chi connectivity index (χ1n) is 8.70. The van der Waals surface area contributed by atoms with Crippen LogP contribution in [0.5, 0.6) is 0 Å². The summed E-state index contributed by atoms with van der Waals surface area (Å²) in [7, 11) is 1.27. The first kappa shape index (κ1) is 19.7. The second-order valence-electron chi connectivity index (χ2n) is 6.29. The number of imidazole rings is 1. The Labute approximate surface area is 158 Å². The number of carbonyl (C=O) groups excluding carboxylic acids is 2. The van der Waals surface area contributed by atoms with E-state index in [1.54, 1.807) is 0 Å². The number of halogens is 3. The van der Waals surface area contributed by atoms with Gasteiger partial charge in [-0.2, -0.15) is 0 Å². The lowest BCUT2D eigenvalue weighted by Crippen LogP contribution is -2.46. The molecule has 1 atom stereocenters. The van der Waals surface area contributed by atoms with E-state index in [0.29, 0.717) is 24.2 Å². The van der Waals surface area contributed by atoms with Crippen LogP contribution in [0.1, 0.15) is 35.8 Å². The van der Waals surface area contributed by atoms with E-state index in [1.165, 1.54) is 18.3 Å². The number of nitrogens with zero attached hydrogens (tertiary/aromatic N) is 2. The van der Waals surface area contributed by atoms with Crippen molar-refractivity contribution in [1.29, 1.82) is 0 Å². The lowest BCUT2D eigenvalue weighted by molar-refractivity contribution is -0.140. The lowest BCUT2D eigenvalue weighted by Gasteiger charge is -2.35. The maximum absolute atomic E-state index is 14.5. The number of carbonyl (C=O) groups is 2. The number of nitrogens with one attached hydrogen (secondary N) is 2. The van der Waals surface area contributed by atoms with Crippen molar-refractivity contribution in [1.82, 2.24) is 20.2 Å². The van der Waals surface area contributed by atoms with Crippen LogP contribution in [0.15, 0.2) is 18.5 Å². The van der Waals surface area contributed by atoms with E-state index in [2.05, 4.69) is 20.0 Å². The molecule has 3 rings (SSSR count). The normalized spacial score (nSPS) is 15.9. The molecule has 28 heavy (non-hydrogen) atoms. The molecule has 1 aliphatic rings. The largest absolute Gasteiger partial charge is 0.469 e. The van der Waals surface area contributed by atoms with Crippen LogP contribution in [-0.2, 0) is 16.0 Å². The van der Waals surface area contributed by atoms with Crippen LogP contribution in [0.25, 0.3) is 0 Å². The summed E-state index contributed by atoms with van der Waals surface area (Å²) >= 11 is 0. The van der Waals surface area contributed by atoms with Crippen LogP contribution >= 0.6 is 0 Å². The van der Waals surface area contributed by atoms with E-state index in [0.717, 1.165) is 12.1 Å². The molecular formula is C18H19F3N4O3. The van der Waals surface area contributed by atoms with Crippen LogP contribution in [0, 0.1) is 17.5 Å². The van der Waals surface area contributed by atoms with Crippen molar-refractivity contribution in [2.45, 2.75) is 25.3 Å². The number of hydrogen-bond donors (Lipinski definition) is 2. The summed E-state index contributed by atoms with van der Waals surface area (Å²) in [4.78, 5) is 32.2. The number of urea groups is 1. The molecule has 0 unspecified atom stereocenters. The van der Waals surface area contributed by atoms with Crippen LogP contribution in [0.2, 0.25) is 0 Å². The number of aromatic amines is 1. The minimum atomic E-state index is -1.60. The summed E-state index contributed by atoms with van der Waals surface area (Å²) in [6.07, 6.45) is 2.37. The maximum Gasteiger partial charge on any atom is 0.318 e. The SMILES string of the molecule is COC(=O)CCCNC(=O)N1CCc2[nH]cnc2[C@@H]1c1ccc(F)c(F)c1F. The van der Waals surface area contributed by atoms with Crippen molar-refractivity contribution in [3.05, 3.63) is 52.9 Å². The molecule has 0 bridgehead atoms. The second-order valence-corrected chi connectivity index (χ2v) is 6.29. The van der Waals surface area contributed by atoms with Crippen LogP contribution in [0.4, 0.5) is 18.0 Å². The fourth-order valence-corrected chi connectivity index (χ4v) is 3.19. The first-order valence-corrected chi connectivity index (χ1v) is 8.70. The Hall–Kier alpha value is -3.04. The van der Waals surface area contributed by atoms with Gasteiger partial charge in [-0.15, -0.1) is 0 Å². The Morgan fingerprint density at radius 2 is 2.11 bits per heavy atom. The quantitative estimate of drug-likeness (QED) is 0.462. The van der Waals surface area contributed by atoms with Crippen molar-refractivity contribution in [3.63, 3.8) is 0 Å². The van der Waals surface area contributed by atoms with E-state index in [-0.39, 0.29) is 25.1 Å². The third kappa shape index (κ3) is 3.80. The number of aromatic nitrogens is 2. The Kier molecular flexibility index (Phi) is 5.86. The zero-order valence-corrected chi connectivity index (χ0v) is 15.1. The van der Waals surface area contributed by atoms with Crippen LogP contribution in [-0.4, -0.2) is 47.1 Å². The Morgan fingerprint density at radius 1 is 1.32 bits per heavy atom. The van der Waals surface area contributed by atoms with E-state index in [4.69, 9.17) is 0 Å². The van der Waals surface area contributed by atoms with Crippen molar-refractivity contribution >= 4 is 12.0 Å². The molecular weight excluding hydrogens is 377 g/mol. The smallest absolute Gasteiger partial charge is 0.318 e. The summed E-state index contributed by atoms with van der Waals surface area (Å²) in [5.74, 6) is -4.66. The average Bonchev–Trinajstić information content (AvgIpc) is 3.17. The Bertz CT molecular complexity index is 887. The molecule has 2 heterocycles. The molecule has 0 aliphatic carbocycles. The predicted octanol–water partition coefficient (Wildman–Crippen LogP) is 2.44. The van der Waals surface area contributed by atoms with E-state index < -0.39 is 35.5 Å². The number of methoxy groups -OCH3 is 1. The molecule has 2 N–H and O–H groups in total. The fraction of sp³-hybridized carbons (Fsp3) is 0.389. The highest BCUT2D eigenvalue weighted by Gasteiger charge is 2.36. The van der Waals surface area contributed by atoms with Crippen molar-refractivity contribution in [2.75, 3.05) is 20.2 Å². The number of amides is 2. The molecule has 2 aromatic rings. The fourth-order valence-electron chi connectivity index (χ4n) is 3.19. The summed E-state index contributed by atoms with van der Waals surface area (Å²) in [6.45, 7) is 0.423. The zero-order valence-electron chi connectivity index (χ0n) is 15.1. The van der Waals surface area contributed by atoms with Crippen molar-refractivity contribution in [3.8, 4) is 0 Å². The molecule has 10 heteroatoms. The van der Waals surface area contributed by atoms with E-state index >= 15 is 0 Å². The van der Waals surface area contributed by atoms with Gasteiger partial charge in [0.05, 0.1) is 19.1 Å². The van der Waals surface area contributed by atoms with Gasteiger partial charge in [0, 0.05) is 37.2 Å². The van der Waals surface area contributed by atoms with Crippen molar-refractivity contribution < 1.29 is 27.5 Å². The van der Waals surface area contributed by atoms with Gasteiger partial charge in [0.2, 0.25) is 0 Å². The number of fused-ring (bicyclic) bond motifs is 1. The maximum atomic E-state index is 14.5. The molecule has 0 saturated heterocycles. The van der Waals surface area contributed by atoms with Gasteiger partial charge in [0.1, 0.15) is 6.04 Å². The number of hydrogen-bond acceptors (Lipinski definition) is 4. The predicted molar refractivity (Wildman–Crippen MR) is 91.8 cm³/mol. The van der Waals surface area contributed by atoms with E-state index in [1.807, 2.05) is 0 Å². The topological polar surface area (TPSA) is 87.3 Å². The average molecular weight is 396 g/mol. The molecule has 0 radical (unpaired) electrons. The summed E-state index contributed by atoms with van der Waals surface area (Å²) in [5.41, 5.74) is 0.890. The highest BCUT2D eigenvalue weighted by Crippen LogP contribution is 2.35. The highest BCUT2D eigenvalue weighted by atomic mass is 19.2. The molecule has 2 amide bonds. The van der Waals surface area contributed by atoms with Crippen molar-refractivity contribution in [2.24, 2.45) is 0 Å². The molecule has 1 aromatic heterocycles. The molecule has 0 spiro atoms. The molecule has 150 valence electrons. The minimum Gasteiger partial charge on any atom is -0.469 e. The third-order valence-electron chi connectivity index (χ3n) is 4.61. The third-order valence-corrected chi connectivity index (χ3v) is 4.61. The zero-order chi connectivity index (χ0) is 20.3. The molecule has 0 fully saturated rings. The van der Waals surface area contributed by atoms with Crippen LogP contribution in [0.3, 0.4) is 0 Å². The number of ether oxygens (including phenoxy) is 1. The Balaban J connectivity index is 1.83. The highest BCUT2D eigenvalue weighted by molar-refractivity contribution is 5.76. The molecule has 1 aliphatic heterocycles. The molecule has 0 saturated carbocycles. The molecule has 1 aromatic carbocycles. The second kappa shape index (κ2) is 8.32.